The molecule has 0 aliphatic rings. The second-order valence-electron chi connectivity index (χ2n) is 5.74. The third-order valence-electron chi connectivity index (χ3n) is 3.88. The van der Waals surface area contributed by atoms with E-state index in [1.165, 1.54) is 18.2 Å². The normalized spacial score (nSPS) is 11.2. The lowest BCUT2D eigenvalue weighted by Crippen LogP contribution is -1.96. The fourth-order valence-corrected chi connectivity index (χ4v) is 2.69. The molecule has 0 saturated heterocycles. The highest BCUT2D eigenvalue weighted by molar-refractivity contribution is 6.33. The third-order valence-corrected chi connectivity index (χ3v) is 4.20. The van der Waals surface area contributed by atoms with Gasteiger partial charge in [0.25, 0.3) is 0 Å². The molecule has 0 saturated carbocycles. The van der Waals surface area contributed by atoms with Crippen LogP contribution < -0.4 is 0 Å². The summed E-state index contributed by atoms with van der Waals surface area (Å²) in [5.74, 6) is -0.125. The lowest BCUT2D eigenvalue weighted by molar-refractivity contribution is 0.0697. The minimum Gasteiger partial charge on any atom is -0.478 e. The largest absolute Gasteiger partial charge is 0.478 e. The topological polar surface area (TPSA) is 74.2 Å². The first kappa shape index (κ1) is 17.5. The number of furan rings is 1. The molecule has 1 aromatic heterocycles. The van der Waals surface area contributed by atoms with Crippen LogP contribution in [0.5, 0.6) is 0 Å². The molecule has 0 bridgehead atoms. The molecule has 0 amide bonds. The van der Waals surface area contributed by atoms with Gasteiger partial charge in [0.1, 0.15) is 11.5 Å². The van der Waals surface area contributed by atoms with Gasteiger partial charge in [-0.25, -0.2) is 4.79 Å². The van der Waals surface area contributed by atoms with Crippen LogP contribution in [0.4, 0.5) is 0 Å². The Balaban J connectivity index is 1.97. The number of carboxylic acid groups (broad SMARTS) is 1. The van der Waals surface area contributed by atoms with Gasteiger partial charge in [0.05, 0.1) is 22.2 Å². The van der Waals surface area contributed by atoms with E-state index in [0.29, 0.717) is 27.7 Å². The van der Waals surface area contributed by atoms with Gasteiger partial charge < -0.3 is 9.52 Å². The monoisotopic (exact) mass is 363 g/mol. The number of halogens is 1. The molecule has 128 valence electrons. The third kappa shape index (κ3) is 3.69. The number of hydrogen-bond donors (Lipinski definition) is 1. The van der Waals surface area contributed by atoms with E-state index in [9.17, 15) is 10.1 Å². The van der Waals surface area contributed by atoms with Crippen molar-refractivity contribution in [3.8, 4) is 17.4 Å². The Labute approximate surface area is 155 Å². The van der Waals surface area contributed by atoms with Gasteiger partial charge in [0.2, 0.25) is 0 Å². The minimum absolute atomic E-state index is 0.121. The summed E-state index contributed by atoms with van der Waals surface area (Å²) in [6.07, 6.45) is 1.64. The molecule has 5 heteroatoms. The molecule has 0 aliphatic heterocycles. The summed E-state index contributed by atoms with van der Waals surface area (Å²) in [5.41, 5.74) is 2.98. The Morgan fingerprint density at radius 2 is 1.81 bits per heavy atom. The lowest BCUT2D eigenvalue weighted by Gasteiger charge is -2.03. The SMILES string of the molecule is Cc1ccc(/C(C#N)=C\c2ccc(-c3cc(C(=O)O)ccc3Cl)o2)cc1. The molecular weight excluding hydrogens is 350 g/mol. The summed E-state index contributed by atoms with van der Waals surface area (Å²) in [5, 5.41) is 18.9. The van der Waals surface area contributed by atoms with Crippen LogP contribution in [0.25, 0.3) is 23.0 Å². The van der Waals surface area contributed by atoms with Gasteiger partial charge in [0.15, 0.2) is 0 Å². The average Bonchev–Trinajstić information content (AvgIpc) is 3.09. The standard InChI is InChI=1S/C21H14ClNO3/c1-13-2-4-14(5-3-13)16(12-23)10-17-7-9-20(26-17)18-11-15(21(24)25)6-8-19(18)22/h2-11H,1H3,(H,24,25)/b16-10-. The summed E-state index contributed by atoms with van der Waals surface area (Å²) in [7, 11) is 0. The van der Waals surface area contributed by atoms with Crippen LogP contribution in [0.1, 0.15) is 27.2 Å². The highest BCUT2D eigenvalue weighted by atomic mass is 35.5. The van der Waals surface area contributed by atoms with E-state index < -0.39 is 5.97 Å². The number of rotatable bonds is 4. The van der Waals surface area contributed by atoms with Gasteiger partial charge in [-0.3, -0.25) is 0 Å². The molecular formula is C21H14ClNO3. The summed E-state index contributed by atoms with van der Waals surface area (Å²) < 4.78 is 5.76. The summed E-state index contributed by atoms with van der Waals surface area (Å²) >= 11 is 6.17. The summed E-state index contributed by atoms with van der Waals surface area (Å²) in [4.78, 5) is 11.1. The van der Waals surface area contributed by atoms with Crippen LogP contribution in [0, 0.1) is 18.3 Å². The smallest absolute Gasteiger partial charge is 0.335 e. The molecule has 26 heavy (non-hydrogen) atoms. The first-order valence-corrected chi connectivity index (χ1v) is 8.17. The maximum absolute atomic E-state index is 11.1. The van der Waals surface area contributed by atoms with Crippen LogP contribution in [0.15, 0.2) is 59.0 Å². The molecule has 3 rings (SSSR count). The molecule has 1 heterocycles. The van der Waals surface area contributed by atoms with Crippen molar-refractivity contribution >= 4 is 29.2 Å². The minimum atomic E-state index is -1.04. The van der Waals surface area contributed by atoms with Crippen molar-refractivity contribution < 1.29 is 14.3 Å². The van der Waals surface area contributed by atoms with E-state index in [1.54, 1.807) is 18.2 Å². The highest BCUT2D eigenvalue weighted by Crippen LogP contribution is 2.31. The zero-order valence-electron chi connectivity index (χ0n) is 13.9. The van der Waals surface area contributed by atoms with E-state index in [4.69, 9.17) is 21.1 Å². The maximum atomic E-state index is 11.1. The zero-order chi connectivity index (χ0) is 18.7. The molecule has 1 N–H and O–H groups in total. The van der Waals surface area contributed by atoms with Crippen LogP contribution in [0.3, 0.4) is 0 Å². The Morgan fingerprint density at radius 1 is 1.12 bits per heavy atom. The number of allylic oxidation sites excluding steroid dienone is 1. The van der Waals surface area contributed by atoms with Crippen molar-refractivity contribution in [3.05, 3.63) is 82.1 Å². The van der Waals surface area contributed by atoms with Crippen molar-refractivity contribution in [1.82, 2.24) is 0 Å². The summed E-state index contributed by atoms with van der Waals surface area (Å²) in [6, 6.07) is 17.6. The quantitative estimate of drug-likeness (QED) is 0.606. The maximum Gasteiger partial charge on any atom is 0.335 e. The van der Waals surface area contributed by atoms with Crippen LogP contribution in [-0.4, -0.2) is 11.1 Å². The van der Waals surface area contributed by atoms with Crippen molar-refractivity contribution in [3.63, 3.8) is 0 Å². The number of carbonyl (C=O) groups is 1. The van der Waals surface area contributed by atoms with Gasteiger partial charge in [-0.2, -0.15) is 5.26 Å². The number of carboxylic acids is 1. The van der Waals surface area contributed by atoms with Crippen LogP contribution in [-0.2, 0) is 0 Å². The van der Waals surface area contributed by atoms with Crippen LogP contribution >= 0.6 is 11.6 Å². The van der Waals surface area contributed by atoms with E-state index in [-0.39, 0.29) is 5.56 Å². The molecule has 0 fully saturated rings. The molecule has 4 nitrogen and oxygen atoms in total. The fourth-order valence-electron chi connectivity index (χ4n) is 2.48. The second-order valence-corrected chi connectivity index (χ2v) is 6.14. The van der Waals surface area contributed by atoms with Gasteiger partial charge in [0, 0.05) is 5.56 Å². The molecule has 0 unspecified atom stereocenters. The zero-order valence-corrected chi connectivity index (χ0v) is 14.6. The molecule has 2 aromatic carbocycles. The predicted octanol–water partition coefficient (Wildman–Crippen LogP) is 5.67. The lowest BCUT2D eigenvalue weighted by atomic mass is 10.0. The molecule has 0 radical (unpaired) electrons. The number of aryl methyl sites for hydroxylation is 1. The predicted molar refractivity (Wildman–Crippen MR) is 101 cm³/mol. The molecule has 0 aliphatic carbocycles. The van der Waals surface area contributed by atoms with Crippen molar-refractivity contribution in [1.29, 1.82) is 5.26 Å². The van der Waals surface area contributed by atoms with Gasteiger partial charge in [-0.1, -0.05) is 41.4 Å². The van der Waals surface area contributed by atoms with Crippen LogP contribution in [0.2, 0.25) is 5.02 Å². The first-order chi connectivity index (χ1) is 12.5. The molecule has 0 atom stereocenters. The Bertz CT molecular complexity index is 1040. The average molecular weight is 364 g/mol. The van der Waals surface area contributed by atoms with Gasteiger partial charge in [-0.15, -0.1) is 0 Å². The highest BCUT2D eigenvalue weighted by Gasteiger charge is 2.12. The van der Waals surface area contributed by atoms with Crippen molar-refractivity contribution in [2.45, 2.75) is 6.92 Å². The van der Waals surface area contributed by atoms with E-state index in [1.807, 2.05) is 31.2 Å². The Kier molecular flexibility index (Phi) is 4.92. The molecule has 3 aromatic rings. The number of nitriles is 1. The van der Waals surface area contributed by atoms with Gasteiger partial charge >= 0.3 is 5.97 Å². The van der Waals surface area contributed by atoms with E-state index in [0.717, 1.165) is 11.1 Å². The second kappa shape index (κ2) is 7.30. The van der Waals surface area contributed by atoms with Crippen molar-refractivity contribution in [2.24, 2.45) is 0 Å². The Hall–Kier alpha value is -3.29. The summed E-state index contributed by atoms with van der Waals surface area (Å²) in [6.45, 7) is 1.98. The van der Waals surface area contributed by atoms with E-state index in [2.05, 4.69) is 6.07 Å². The number of aromatic carboxylic acids is 1. The number of benzene rings is 2. The number of hydrogen-bond acceptors (Lipinski definition) is 3. The molecule has 0 spiro atoms. The van der Waals surface area contributed by atoms with Gasteiger partial charge in [-0.05, 0) is 48.9 Å². The number of nitrogens with zero attached hydrogens (tertiary/aromatic N) is 1. The van der Waals surface area contributed by atoms with E-state index >= 15 is 0 Å². The fraction of sp³-hybridized carbons (Fsp3) is 0.0476. The Morgan fingerprint density at radius 3 is 2.46 bits per heavy atom. The first-order valence-electron chi connectivity index (χ1n) is 7.80. The van der Waals surface area contributed by atoms with Crippen molar-refractivity contribution in [2.75, 3.05) is 0 Å².